The quantitative estimate of drug-likeness (QED) is 0.268. The van der Waals surface area contributed by atoms with Crippen molar-refractivity contribution in [1.29, 1.82) is 0 Å². The average molecular weight is 486 g/mol. The minimum absolute atomic E-state index is 0. The molecule has 152 valence electrons. The number of likely N-dealkylation sites (tertiary alicyclic amines) is 1. The monoisotopic (exact) mass is 486 g/mol. The van der Waals surface area contributed by atoms with E-state index in [2.05, 4.69) is 60.0 Å². The van der Waals surface area contributed by atoms with Gasteiger partial charge in [-0.15, -0.1) is 24.0 Å². The number of hydrogen-bond acceptors (Lipinski definition) is 3. The predicted octanol–water partition coefficient (Wildman–Crippen LogP) is 3.59. The minimum atomic E-state index is 0. The van der Waals surface area contributed by atoms with Gasteiger partial charge in [0.05, 0.1) is 6.54 Å². The number of halogens is 1. The van der Waals surface area contributed by atoms with Crippen molar-refractivity contribution in [3.8, 4) is 5.75 Å². The summed E-state index contributed by atoms with van der Waals surface area (Å²) in [6.07, 6.45) is 2.32. The first-order valence-corrected chi connectivity index (χ1v) is 9.53. The summed E-state index contributed by atoms with van der Waals surface area (Å²) < 4.78 is 5.97. The van der Waals surface area contributed by atoms with Crippen molar-refractivity contribution in [2.24, 2.45) is 4.99 Å². The van der Waals surface area contributed by atoms with Crippen LogP contribution < -0.4 is 15.4 Å². The Balaban J connectivity index is 0.00000364. The van der Waals surface area contributed by atoms with Gasteiger partial charge in [0.2, 0.25) is 0 Å². The molecular formula is C21H35IN4O. The van der Waals surface area contributed by atoms with E-state index in [9.17, 15) is 0 Å². The summed E-state index contributed by atoms with van der Waals surface area (Å²) in [4.78, 5) is 6.82. The van der Waals surface area contributed by atoms with Gasteiger partial charge in [-0.25, -0.2) is 0 Å². The Labute approximate surface area is 181 Å². The van der Waals surface area contributed by atoms with E-state index in [0.29, 0.717) is 12.6 Å². The second-order valence-electron chi connectivity index (χ2n) is 7.35. The van der Waals surface area contributed by atoms with E-state index < -0.39 is 0 Å². The molecule has 2 rings (SSSR count). The third-order valence-electron chi connectivity index (χ3n) is 4.53. The van der Waals surface area contributed by atoms with Gasteiger partial charge in [0, 0.05) is 32.7 Å². The lowest BCUT2D eigenvalue weighted by Crippen LogP contribution is -2.50. The van der Waals surface area contributed by atoms with Crippen LogP contribution in [0.2, 0.25) is 0 Å². The summed E-state index contributed by atoms with van der Waals surface area (Å²) >= 11 is 0. The smallest absolute Gasteiger partial charge is 0.191 e. The molecule has 1 aliphatic rings. The molecule has 0 aromatic heterocycles. The van der Waals surface area contributed by atoms with E-state index in [1.807, 2.05) is 19.2 Å². The van der Waals surface area contributed by atoms with E-state index in [4.69, 9.17) is 4.74 Å². The Hall–Kier alpha value is -1.28. The van der Waals surface area contributed by atoms with Gasteiger partial charge in [-0.2, -0.15) is 0 Å². The molecule has 0 radical (unpaired) electrons. The van der Waals surface area contributed by atoms with Gasteiger partial charge >= 0.3 is 0 Å². The van der Waals surface area contributed by atoms with E-state index in [0.717, 1.165) is 44.2 Å². The van der Waals surface area contributed by atoms with E-state index in [-0.39, 0.29) is 30.1 Å². The molecule has 27 heavy (non-hydrogen) atoms. The van der Waals surface area contributed by atoms with Gasteiger partial charge in [0.1, 0.15) is 11.9 Å². The lowest BCUT2D eigenvalue weighted by molar-refractivity contribution is 0.216. The minimum Gasteiger partial charge on any atom is -0.489 e. The van der Waals surface area contributed by atoms with Crippen LogP contribution >= 0.6 is 24.0 Å². The summed E-state index contributed by atoms with van der Waals surface area (Å²) in [5.74, 6) is 1.76. The molecule has 5 nitrogen and oxygen atoms in total. The van der Waals surface area contributed by atoms with E-state index in [1.165, 1.54) is 11.1 Å². The fraction of sp³-hybridized carbons (Fsp3) is 0.571. The van der Waals surface area contributed by atoms with Crippen molar-refractivity contribution in [2.45, 2.75) is 45.8 Å². The SMILES string of the molecule is C=C(C)CN1CCC(NC(=NC)NCC(C)Oc2cccc(C)c2)CC1.I. The highest BCUT2D eigenvalue weighted by molar-refractivity contribution is 14.0. The molecule has 6 heteroatoms. The largest absolute Gasteiger partial charge is 0.489 e. The van der Waals surface area contributed by atoms with Crippen molar-refractivity contribution in [3.05, 3.63) is 42.0 Å². The highest BCUT2D eigenvalue weighted by atomic mass is 127. The van der Waals surface area contributed by atoms with Crippen molar-refractivity contribution in [2.75, 3.05) is 33.2 Å². The second kappa shape index (κ2) is 12.2. The van der Waals surface area contributed by atoms with Crippen LogP contribution in [0.15, 0.2) is 41.4 Å². The van der Waals surface area contributed by atoms with Crippen LogP contribution in [0, 0.1) is 6.92 Å². The van der Waals surface area contributed by atoms with Gasteiger partial charge in [0.15, 0.2) is 5.96 Å². The van der Waals surface area contributed by atoms with Crippen LogP contribution in [-0.2, 0) is 0 Å². The number of guanidine groups is 1. The maximum Gasteiger partial charge on any atom is 0.191 e. The van der Waals surface area contributed by atoms with Crippen LogP contribution in [0.4, 0.5) is 0 Å². The first kappa shape index (κ1) is 23.8. The Morgan fingerprint density at radius 3 is 2.67 bits per heavy atom. The van der Waals surface area contributed by atoms with Gasteiger partial charge < -0.3 is 15.4 Å². The zero-order valence-electron chi connectivity index (χ0n) is 17.1. The van der Waals surface area contributed by atoms with E-state index >= 15 is 0 Å². The molecule has 1 heterocycles. The number of aliphatic imine (C=N–C) groups is 1. The van der Waals surface area contributed by atoms with Crippen LogP contribution in [0.1, 0.15) is 32.3 Å². The molecule has 0 spiro atoms. The molecule has 1 aliphatic heterocycles. The third kappa shape index (κ3) is 8.97. The summed E-state index contributed by atoms with van der Waals surface area (Å²) in [6, 6.07) is 8.61. The van der Waals surface area contributed by atoms with Crippen molar-refractivity contribution in [1.82, 2.24) is 15.5 Å². The van der Waals surface area contributed by atoms with Gasteiger partial charge in [0.25, 0.3) is 0 Å². The van der Waals surface area contributed by atoms with Crippen molar-refractivity contribution < 1.29 is 4.74 Å². The number of hydrogen-bond donors (Lipinski definition) is 2. The van der Waals surface area contributed by atoms with E-state index in [1.54, 1.807) is 0 Å². The maximum absolute atomic E-state index is 5.97. The summed E-state index contributed by atoms with van der Waals surface area (Å²) in [5.41, 5.74) is 2.44. The van der Waals surface area contributed by atoms with Crippen molar-refractivity contribution >= 4 is 29.9 Å². The lowest BCUT2D eigenvalue weighted by atomic mass is 10.0. The topological polar surface area (TPSA) is 48.9 Å². The number of nitrogens with one attached hydrogen (secondary N) is 2. The zero-order valence-corrected chi connectivity index (χ0v) is 19.5. The molecule has 2 N–H and O–H groups in total. The number of nitrogens with zero attached hydrogens (tertiary/aromatic N) is 2. The normalized spacial score (nSPS) is 17.0. The average Bonchev–Trinajstić information content (AvgIpc) is 2.59. The molecule has 1 aromatic carbocycles. The molecule has 0 saturated carbocycles. The fourth-order valence-electron chi connectivity index (χ4n) is 3.21. The Kier molecular flexibility index (Phi) is 10.8. The van der Waals surface area contributed by atoms with Crippen molar-refractivity contribution in [3.63, 3.8) is 0 Å². The van der Waals surface area contributed by atoms with Crippen LogP contribution in [0.25, 0.3) is 0 Å². The Morgan fingerprint density at radius 1 is 1.37 bits per heavy atom. The molecule has 1 aromatic rings. The summed E-state index contributed by atoms with van der Waals surface area (Å²) in [7, 11) is 1.82. The number of benzene rings is 1. The third-order valence-corrected chi connectivity index (χ3v) is 4.53. The van der Waals surface area contributed by atoms with Crippen LogP contribution in [-0.4, -0.2) is 56.2 Å². The first-order chi connectivity index (χ1) is 12.5. The molecule has 1 unspecified atom stereocenters. The van der Waals surface area contributed by atoms with Crippen LogP contribution in [0.3, 0.4) is 0 Å². The maximum atomic E-state index is 5.97. The number of piperidine rings is 1. The van der Waals surface area contributed by atoms with Gasteiger partial charge in [-0.1, -0.05) is 24.3 Å². The number of aryl methyl sites for hydroxylation is 1. The van der Waals surface area contributed by atoms with Gasteiger partial charge in [-0.3, -0.25) is 9.89 Å². The molecule has 0 aliphatic carbocycles. The van der Waals surface area contributed by atoms with Crippen LogP contribution in [0.5, 0.6) is 5.75 Å². The highest BCUT2D eigenvalue weighted by Crippen LogP contribution is 2.14. The molecule has 0 amide bonds. The zero-order chi connectivity index (χ0) is 18.9. The Morgan fingerprint density at radius 2 is 2.07 bits per heavy atom. The van der Waals surface area contributed by atoms with Gasteiger partial charge in [-0.05, 0) is 51.3 Å². The predicted molar refractivity (Wildman–Crippen MR) is 125 cm³/mol. The lowest BCUT2D eigenvalue weighted by Gasteiger charge is -2.33. The fourth-order valence-corrected chi connectivity index (χ4v) is 3.21. The number of rotatable bonds is 7. The standard InChI is InChI=1S/C21H34N4O.HI/c1-16(2)15-25-11-9-19(10-12-25)24-21(22-5)23-14-18(4)26-20-8-6-7-17(3)13-20;/h6-8,13,18-19H,1,9-12,14-15H2,2-5H3,(H2,22,23,24);1H. The highest BCUT2D eigenvalue weighted by Gasteiger charge is 2.20. The molecule has 1 saturated heterocycles. The number of ether oxygens (including phenoxy) is 1. The Bertz CT molecular complexity index is 612. The second-order valence-corrected chi connectivity index (χ2v) is 7.35. The summed E-state index contributed by atoms with van der Waals surface area (Å²) in [6.45, 7) is 14.2. The molecule has 1 atom stereocenters. The summed E-state index contributed by atoms with van der Waals surface area (Å²) in [5, 5.41) is 6.92. The first-order valence-electron chi connectivity index (χ1n) is 9.53. The molecule has 1 fully saturated rings. The molecular weight excluding hydrogens is 451 g/mol. The molecule has 0 bridgehead atoms.